The Morgan fingerprint density at radius 3 is 2.84 bits per heavy atom. The number of aromatic amines is 1. The van der Waals surface area contributed by atoms with Gasteiger partial charge in [0, 0.05) is 41.4 Å². The Morgan fingerprint density at radius 2 is 2.03 bits per heavy atom. The van der Waals surface area contributed by atoms with Gasteiger partial charge in [-0.25, -0.2) is 19.3 Å². The summed E-state index contributed by atoms with van der Waals surface area (Å²) in [7, 11) is 0. The van der Waals surface area contributed by atoms with E-state index in [9.17, 15) is 4.39 Å². The molecule has 0 atom stereocenters. The van der Waals surface area contributed by atoms with Crippen LogP contribution in [-0.4, -0.2) is 36.0 Å². The largest absolute Gasteiger partial charge is 0.368 e. The van der Waals surface area contributed by atoms with Crippen molar-refractivity contribution in [2.75, 3.05) is 11.9 Å². The van der Waals surface area contributed by atoms with E-state index in [1.807, 2.05) is 4.57 Å². The Bertz CT molecular complexity index is 1420. The van der Waals surface area contributed by atoms with Crippen molar-refractivity contribution in [1.29, 1.82) is 0 Å². The highest BCUT2D eigenvalue weighted by Crippen LogP contribution is 2.26. The molecule has 0 spiro atoms. The summed E-state index contributed by atoms with van der Waals surface area (Å²) in [6.07, 6.45) is 7.38. The second-order valence-corrected chi connectivity index (χ2v) is 8.25. The standard InChI is InChI=1S/C24H24FN7/c1-14(2)32-13-29-21-23(30-22(31-24(21)32)17-9-18(25)12-26-10-17)27-7-6-16-11-28-20-8-15(3)4-5-19(16)20/h4-5,8-14,28H,6-7H2,1-3H3,(H,27,30,31). The number of halogens is 1. The number of nitrogens with zero attached hydrogens (tertiary/aromatic N) is 5. The lowest BCUT2D eigenvalue weighted by atomic mass is 10.1. The molecule has 2 N–H and O–H groups in total. The fourth-order valence-corrected chi connectivity index (χ4v) is 3.90. The molecule has 0 saturated heterocycles. The van der Waals surface area contributed by atoms with E-state index in [0.29, 0.717) is 34.9 Å². The number of imidazole rings is 1. The van der Waals surface area contributed by atoms with Gasteiger partial charge >= 0.3 is 0 Å². The van der Waals surface area contributed by atoms with Gasteiger partial charge in [-0.05, 0) is 50.5 Å². The third-order valence-corrected chi connectivity index (χ3v) is 5.55. The van der Waals surface area contributed by atoms with Gasteiger partial charge in [-0.2, -0.15) is 0 Å². The minimum atomic E-state index is -0.423. The number of pyridine rings is 1. The van der Waals surface area contributed by atoms with Crippen LogP contribution in [0.2, 0.25) is 0 Å². The van der Waals surface area contributed by atoms with Crippen molar-refractivity contribution < 1.29 is 4.39 Å². The Morgan fingerprint density at radius 1 is 1.16 bits per heavy atom. The van der Waals surface area contributed by atoms with Crippen LogP contribution in [0.3, 0.4) is 0 Å². The van der Waals surface area contributed by atoms with Crippen LogP contribution in [0.25, 0.3) is 33.5 Å². The molecule has 0 aliphatic heterocycles. The number of benzene rings is 1. The zero-order valence-electron chi connectivity index (χ0n) is 18.2. The van der Waals surface area contributed by atoms with Crippen molar-refractivity contribution in [2.45, 2.75) is 33.2 Å². The highest BCUT2D eigenvalue weighted by atomic mass is 19.1. The highest BCUT2D eigenvalue weighted by Gasteiger charge is 2.16. The van der Waals surface area contributed by atoms with Crippen molar-refractivity contribution >= 4 is 27.9 Å². The summed E-state index contributed by atoms with van der Waals surface area (Å²) in [4.78, 5) is 21.2. The van der Waals surface area contributed by atoms with E-state index < -0.39 is 5.82 Å². The van der Waals surface area contributed by atoms with Crippen molar-refractivity contribution in [1.82, 2.24) is 29.5 Å². The first-order chi connectivity index (χ1) is 15.5. The van der Waals surface area contributed by atoms with Crippen molar-refractivity contribution in [3.8, 4) is 11.4 Å². The lowest BCUT2D eigenvalue weighted by Crippen LogP contribution is -2.09. The first-order valence-corrected chi connectivity index (χ1v) is 10.7. The van der Waals surface area contributed by atoms with E-state index in [0.717, 1.165) is 11.9 Å². The smallest absolute Gasteiger partial charge is 0.166 e. The topological polar surface area (TPSA) is 84.3 Å². The lowest BCUT2D eigenvalue weighted by molar-refractivity contribution is 0.612. The van der Waals surface area contributed by atoms with Gasteiger partial charge in [0.15, 0.2) is 17.3 Å². The van der Waals surface area contributed by atoms with Gasteiger partial charge in [-0.15, -0.1) is 0 Å². The second kappa shape index (κ2) is 8.03. The van der Waals surface area contributed by atoms with Crippen molar-refractivity contribution in [2.24, 2.45) is 0 Å². The molecule has 1 aromatic carbocycles. The van der Waals surface area contributed by atoms with Crippen LogP contribution in [0.1, 0.15) is 31.0 Å². The third kappa shape index (κ3) is 3.68. The molecule has 5 rings (SSSR count). The second-order valence-electron chi connectivity index (χ2n) is 8.25. The van der Waals surface area contributed by atoms with Gasteiger partial charge in [-0.3, -0.25) is 4.98 Å². The van der Waals surface area contributed by atoms with Crippen LogP contribution in [0, 0.1) is 12.7 Å². The Hall–Kier alpha value is -3.81. The number of H-pyrrole nitrogens is 1. The van der Waals surface area contributed by atoms with Gasteiger partial charge in [0.05, 0.1) is 12.5 Å². The monoisotopic (exact) mass is 429 g/mol. The predicted octanol–water partition coefficient (Wildman–Crippen LogP) is 5.05. The summed E-state index contributed by atoms with van der Waals surface area (Å²) in [6.45, 7) is 6.89. The number of fused-ring (bicyclic) bond motifs is 2. The fraction of sp³-hybridized carbons (Fsp3) is 0.250. The average molecular weight is 430 g/mol. The van der Waals surface area contributed by atoms with Crippen LogP contribution < -0.4 is 5.32 Å². The lowest BCUT2D eigenvalue weighted by Gasteiger charge is -2.11. The molecular formula is C24H24FN7. The van der Waals surface area contributed by atoms with Crippen molar-refractivity contribution in [3.63, 3.8) is 0 Å². The minimum absolute atomic E-state index is 0.177. The SMILES string of the molecule is Cc1ccc2c(CCNc3nc(-c4cncc(F)c4)nc4c3ncn4C(C)C)c[nH]c2c1. The summed E-state index contributed by atoms with van der Waals surface area (Å²) >= 11 is 0. The maximum Gasteiger partial charge on any atom is 0.166 e. The molecule has 4 heterocycles. The number of rotatable bonds is 6. The maximum absolute atomic E-state index is 13.8. The van der Waals surface area contributed by atoms with Crippen LogP contribution >= 0.6 is 0 Å². The van der Waals surface area contributed by atoms with Crippen molar-refractivity contribution in [3.05, 3.63) is 66.1 Å². The molecule has 32 heavy (non-hydrogen) atoms. The van der Waals surface area contributed by atoms with Gasteiger partial charge in [-0.1, -0.05) is 12.1 Å². The van der Waals surface area contributed by atoms with E-state index in [1.165, 1.54) is 28.8 Å². The molecule has 0 saturated carbocycles. The number of aromatic nitrogens is 6. The average Bonchev–Trinajstić information content (AvgIpc) is 3.37. The van der Waals surface area contributed by atoms with Gasteiger partial charge in [0.25, 0.3) is 0 Å². The zero-order chi connectivity index (χ0) is 22.2. The molecule has 0 fully saturated rings. The van der Waals surface area contributed by atoms with E-state index in [2.05, 4.69) is 75.4 Å². The van der Waals surface area contributed by atoms with E-state index in [1.54, 1.807) is 12.5 Å². The van der Waals surface area contributed by atoms with Crippen LogP contribution in [0.15, 0.2) is 49.2 Å². The molecule has 5 aromatic rings. The number of hydrogen-bond acceptors (Lipinski definition) is 5. The Balaban J connectivity index is 1.48. The van der Waals surface area contributed by atoms with Gasteiger partial charge in [0.2, 0.25) is 0 Å². The van der Waals surface area contributed by atoms with Gasteiger partial charge < -0.3 is 14.9 Å². The molecule has 162 valence electrons. The molecule has 8 heteroatoms. The Kier molecular flexibility index (Phi) is 5.05. The third-order valence-electron chi connectivity index (χ3n) is 5.55. The summed E-state index contributed by atoms with van der Waals surface area (Å²) in [5.41, 5.74) is 5.53. The van der Waals surface area contributed by atoms with Crippen LogP contribution in [0.4, 0.5) is 10.2 Å². The molecular weight excluding hydrogens is 405 g/mol. The van der Waals surface area contributed by atoms with Crippen LogP contribution in [0.5, 0.6) is 0 Å². The number of anilines is 1. The molecule has 0 bridgehead atoms. The molecule has 0 radical (unpaired) electrons. The quantitative estimate of drug-likeness (QED) is 0.394. The van der Waals surface area contributed by atoms with E-state index >= 15 is 0 Å². The summed E-state index contributed by atoms with van der Waals surface area (Å²) in [5.74, 6) is 0.619. The zero-order valence-corrected chi connectivity index (χ0v) is 18.2. The fourth-order valence-electron chi connectivity index (χ4n) is 3.90. The Labute approximate surface area is 184 Å². The molecule has 0 aliphatic rings. The molecule has 0 aliphatic carbocycles. The molecule has 7 nitrogen and oxygen atoms in total. The number of aryl methyl sites for hydroxylation is 1. The van der Waals surface area contributed by atoms with Crippen LogP contribution in [-0.2, 0) is 6.42 Å². The maximum atomic E-state index is 13.8. The van der Waals surface area contributed by atoms with E-state index in [4.69, 9.17) is 0 Å². The summed E-state index contributed by atoms with van der Waals surface area (Å²) in [5, 5.41) is 4.65. The summed E-state index contributed by atoms with van der Waals surface area (Å²) < 4.78 is 15.8. The minimum Gasteiger partial charge on any atom is -0.368 e. The highest BCUT2D eigenvalue weighted by molar-refractivity contribution is 5.86. The van der Waals surface area contributed by atoms with Gasteiger partial charge in [0.1, 0.15) is 11.3 Å². The van der Waals surface area contributed by atoms with E-state index in [-0.39, 0.29) is 6.04 Å². The first kappa shape index (κ1) is 20.1. The molecule has 0 amide bonds. The summed E-state index contributed by atoms with van der Waals surface area (Å²) in [6, 6.07) is 7.99. The number of hydrogen-bond donors (Lipinski definition) is 2. The molecule has 0 unspecified atom stereocenters. The normalized spacial score (nSPS) is 11.7. The predicted molar refractivity (Wildman–Crippen MR) is 124 cm³/mol. The number of nitrogens with one attached hydrogen (secondary N) is 2. The first-order valence-electron chi connectivity index (χ1n) is 10.7. The molecule has 4 aromatic heterocycles.